The molecule has 0 aliphatic carbocycles. The highest BCUT2D eigenvalue weighted by Gasteiger charge is 2.18. The molecule has 0 saturated carbocycles. The number of benzene rings is 2. The Labute approximate surface area is 112 Å². The van der Waals surface area contributed by atoms with Gasteiger partial charge in [0.15, 0.2) is 0 Å². The molecule has 0 spiro atoms. The fraction of sp³-hybridized carbons (Fsp3) is 0.0714. The third-order valence-corrected chi connectivity index (χ3v) is 3.12. The van der Waals surface area contributed by atoms with Gasteiger partial charge in [0.2, 0.25) is 5.95 Å². The van der Waals surface area contributed by atoms with E-state index in [4.69, 9.17) is 5.73 Å². The second-order valence-electron chi connectivity index (χ2n) is 4.47. The van der Waals surface area contributed by atoms with Crippen molar-refractivity contribution < 1.29 is 13.2 Å². The van der Waals surface area contributed by atoms with Gasteiger partial charge in [0.1, 0.15) is 23.1 Å². The summed E-state index contributed by atoms with van der Waals surface area (Å²) >= 11 is 0. The monoisotopic (exact) mass is 277 g/mol. The number of anilines is 1. The normalized spacial score (nSPS) is 11.2. The average Bonchev–Trinajstić information content (AvgIpc) is 2.67. The van der Waals surface area contributed by atoms with Gasteiger partial charge in [0.05, 0.1) is 11.0 Å². The second kappa shape index (κ2) is 4.26. The zero-order valence-corrected chi connectivity index (χ0v) is 10.5. The number of hydrogen-bond donors (Lipinski definition) is 1. The summed E-state index contributed by atoms with van der Waals surface area (Å²) in [5, 5.41) is 0. The predicted octanol–water partition coefficient (Wildman–Crippen LogP) is 3.33. The van der Waals surface area contributed by atoms with Crippen molar-refractivity contribution in [3.8, 4) is 5.69 Å². The zero-order chi connectivity index (χ0) is 14.4. The number of aromatic nitrogens is 2. The molecule has 0 unspecified atom stereocenters. The summed E-state index contributed by atoms with van der Waals surface area (Å²) in [4.78, 5) is 3.94. The van der Waals surface area contributed by atoms with E-state index in [9.17, 15) is 13.2 Å². The van der Waals surface area contributed by atoms with E-state index in [1.54, 1.807) is 6.92 Å². The largest absolute Gasteiger partial charge is 0.369 e. The molecule has 102 valence electrons. The van der Waals surface area contributed by atoms with Gasteiger partial charge in [-0.05, 0) is 30.7 Å². The molecule has 6 heteroatoms. The summed E-state index contributed by atoms with van der Waals surface area (Å²) in [7, 11) is 0. The first kappa shape index (κ1) is 12.5. The van der Waals surface area contributed by atoms with Gasteiger partial charge in [-0.2, -0.15) is 0 Å². The Balaban J connectivity index is 2.42. The third kappa shape index (κ3) is 1.72. The van der Waals surface area contributed by atoms with Crippen LogP contribution in [0.15, 0.2) is 30.3 Å². The molecule has 0 bridgehead atoms. The number of fused-ring (bicyclic) bond motifs is 1. The van der Waals surface area contributed by atoms with E-state index in [2.05, 4.69) is 4.98 Å². The van der Waals surface area contributed by atoms with Gasteiger partial charge in [-0.15, -0.1) is 0 Å². The summed E-state index contributed by atoms with van der Waals surface area (Å²) in [5.41, 5.74) is 6.34. The van der Waals surface area contributed by atoms with E-state index in [0.29, 0.717) is 11.1 Å². The Morgan fingerprint density at radius 2 is 1.70 bits per heavy atom. The van der Waals surface area contributed by atoms with Crippen LogP contribution in [0, 0.1) is 24.4 Å². The van der Waals surface area contributed by atoms with Crippen LogP contribution in [0.3, 0.4) is 0 Å². The smallest absolute Gasteiger partial charge is 0.206 e. The quantitative estimate of drug-likeness (QED) is 0.741. The number of para-hydroxylation sites is 1. The molecule has 0 atom stereocenters. The average molecular weight is 277 g/mol. The van der Waals surface area contributed by atoms with Crippen molar-refractivity contribution in [2.75, 3.05) is 5.73 Å². The highest BCUT2D eigenvalue weighted by atomic mass is 19.1. The van der Waals surface area contributed by atoms with E-state index >= 15 is 0 Å². The molecule has 0 aliphatic rings. The summed E-state index contributed by atoms with van der Waals surface area (Å²) in [6, 6.07) is 6.16. The van der Waals surface area contributed by atoms with Crippen LogP contribution in [-0.2, 0) is 0 Å². The fourth-order valence-electron chi connectivity index (χ4n) is 2.16. The number of nitrogens with two attached hydrogens (primary N) is 1. The van der Waals surface area contributed by atoms with Crippen LogP contribution in [0.2, 0.25) is 0 Å². The van der Waals surface area contributed by atoms with Crippen molar-refractivity contribution in [2.45, 2.75) is 6.92 Å². The standard InChI is InChI=1S/C14H10F3N3/c1-7-5-12-11(6-10(7)17)19-14(18)20(12)13-8(15)3-2-4-9(13)16/h2-6H,1H3,(H2,18,19). The van der Waals surface area contributed by atoms with Crippen molar-refractivity contribution in [1.82, 2.24) is 9.55 Å². The van der Waals surface area contributed by atoms with E-state index in [1.165, 1.54) is 18.2 Å². The van der Waals surface area contributed by atoms with Crippen LogP contribution in [0.5, 0.6) is 0 Å². The molecule has 0 amide bonds. The first-order valence-electron chi connectivity index (χ1n) is 5.87. The van der Waals surface area contributed by atoms with Crippen molar-refractivity contribution >= 4 is 17.0 Å². The lowest BCUT2D eigenvalue weighted by molar-refractivity contribution is 0.572. The lowest BCUT2D eigenvalue weighted by Gasteiger charge is -2.09. The van der Waals surface area contributed by atoms with Crippen LogP contribution in [0.4, 0.5) is 19.1 Å². The van der Waals surface area contributed by atoms with Crippen molar-refractivity contribution in [1.29, 1.82) is 0 Å². The minimum atomic E-state index is -0.766. The summed E-state index contributed by atoms with van der Waals surface area (Å²) in [5.74, 6) is -2.08. The second-order valence-corrected chi connectivity index (χ2v) is 4.47. The zero-order valence-electron chi connectivity index (χ0n) is 10.5. The van der Waals surface area contributed by atoms with Crippen LogP contribution < -0.4 is 5.73 Å². The highest BCUT2D eigenvalue weighted by molar-refractivity contribution is 5.81. The Hall–Kier alpha value is -2.50. The molecular weight excluding hydrogens is 267 g/mol. The summed E-state index contributed by atoms with van der Waals surface area (Å²) in [6.45, 7) is 1.56. The fourth-order valence-corrected chi connectivity index (χ4v) is 2.16. The maximum absolute atomic E-state index is 13.9. The number of imidazole rings is 1. The Kier molecular flexibility index (Phi) is 2.67. The number of aryl methyl sites for hydroxylation is 1. The lowest BCUT2D eigenvalue weighted by Crippen LogP contribution is -2.05. The molecule has 0 fully saturated rings. The number of rotatable bonds is 1. The Morgan fingerprint density at radius 3 is 2.35 bits per heavy atom. The molecule has 20 heavy (non-hydrogen) atoms. The first-order valence-corrected chi connectivity index (χ1v) is 5.87. The predicted molar refractivity (Wildman–Crippen MR) is 70.1 cm³/mol. The van der Waals surface area contributed by atoms with Crippen LogP contribution in [-0.4, -0.2) is 9.55 Å². The van der Waals surface area contributed by atoms with Gasteiger partial charge >= 0.3 is 0 Å². The van der Waals surface area contributed by atoms with E-state index in [0.717, 1.165) is 16.7 Å². The summed E-state index contributed by atoms with van der Waals surface area (Å²) < 4.78 is 42.4. The van der Waals surface area contributed by atoms with Crippen molar-refractivity contribution in [2.24, 2.45) is 0 Å². The van der Waals surface area contributed by atoms with E-state index in [1.807, 2.05) is 0 Å². The SMILES string of the molecule is Cc1cc2c(cc1F)nc(N)n2-c1c(F)cccc1F. The molecule has 3 rings (SSSR count). The van der Waals surface area contributed by atoms with Gasteiger partial charge in [-0.25, -0.2) is 18.2 Å². The Morgan fingerprint density at radius 1 is 1.05 bits per heavy atom. The number of halogens is 3. The minimum Gasteiger partial charge on any atom is -0.369 e. The van der Waals surface area contributed by atoms with Crippen molar-refractivity contribution in [3.05, 3.63) is 53.3 Å². The molecule has 0 saturated heterocycles. The molecule has 3 nitrogen and oxygen atoms in total. The van der Waals surface area contributed by atoms with Crippen LogP contribution in [0.1, 0.15) is 5.56 Å². The molecule has 1 aromatic heterocycles. The molecular formula is C14H10F3N3. The van der Waals surface area contributed by atoms with Crippen molar-refractivity contribution in [3.63, 3.8) is 0 Å². The maximum Gasteiger partial charge on any atom is 0.206 e. The molecule has 3 aromatic rings. The van der Waals surface area contributed by atoms with Crippen LogP contribution >= 0.6 is 0 Å². The number of nitrogen functional groups attached to an aromatic ring is 1. The first-order chi connectivity index (χ1) is 9.49. The molecule has 1 heterocycles. The van der Waals surface area contributed by atoms with E-state index in [-0.39, 0.29) is 17.2 Å². The van der Waals surface area contributed by atoms with Gasteiger partial charge < -0.3 is 5.73 Å². The molecule has 0 radical (unpaired) electrons. The van der Waals surface area contributed by atoms with Crippen LogP contribution in [0.25, 0.3) is 16.7 Å². The number of nitrogens with zero attached hydrogens (tertiary/aromatic N) is 2. The Bertz CT molecular complexity index is 804. The molecule has 2 aromatic carbocycles. The van der Waals surface area contributed by atoms with Gasteiger partial charge in [0.25, 0.3) is 0 Å². The van der Waals surface area contributed by atoms with E-state index < -0.39 is 17.5 Å². The molecule has 0 aliphatic heterocycles. The lowest BCUT2D eigenvalue weighted by atomic mass is 10.2. The summed E-state index contributed by atoms with van der Waals surface area (Å²) in [6.07, 6.45) is 0. The number of hydrogen-bond acceptors (Lipinski definition) is 2. The minimum absolute atomic E-state index is 0.103. The highest BCUT2D eigenvalue weighted by Crippen LogP contribution is 2.28. The van der Waals surface area contributed by atoms with Gasteiger partial charge in [-0.1, -0.05) is 6.07 Å². The topological polar surface area (TPSA) is 43.8 Å². The van der Waals surface area contributed by atoms with Gasteiger partial charge in [0, 0.05) is 6.07 Å². The maximum atomic E-state index is 13.9. The third-order valence-electron chi connectivity index (χ3n) is 3.12. The van der Waals surface area contributed by atoms with Gasteiger partial charge in [-0.3, -0.25) is 4.57 Å². The molecule has 2 N–H and O–H groups in total.